The molecule has 30 heavy (non-hydrogen) atoms. The number of aromatic nitrogens is 3. The maximum atomic E-state index is 13.1. The van der Waals surface area contributed by atoms with E-state index in [9.17, 15) is 4.79 Å². The van der Waals surface area contributed by atoms with Crippen molar-refractivity contribution >= 4 is 21.6 Å². The summed E-state index contributed by atoms with van der Waals surface area (Å²) in [5, 5.41) is 5.59. The molecule has 2 aromatic carbocycles. The summed E-state index contributed by atoms with van der Waals surface area (Å²) in [5.41, 5.74) is 5.15. The molecule has 0 radical (unpaired) electrons. The molecule has 0 atom stereocenters. The summed E-state index contributed by atoms with van der Waals surface area (Å²) < 4.78 is 13.1. The van der Waals surface area contributed by atoms with Crippen molar-refractivity contribution in [2.75, 3.05) is 14.2 Å². The molecule has 0 spiro atoms. The highest BCUT2D eigenvalue weighted by Gasteiger charge is 2.18. The van der Waals surface area contributed by atoms with Crippen LogP contribution in [0.4, 0.5) is 0 Å². The predicted octanol–water partition coefficient (Wildman–Crippen LogP) is 4.51. The van der Waals surface area contributed by atoms with Crippen molar-refractivity contribution in [2.24, 2.45) is 0 Å². The van der Waals surface area contributed by atoms with Crippen LogP contribution in [0.15, 0.2) is 41.2 Å². The van der Waals surface area contributed by atoms with Gasteiger partial charge in [-0.05, 0) is 50.1 Å². The Kier molecular flexibility index (Phi) is 5.30. The summed E-state index contributed by atoms with van der Waals surface area (Å²) in [6.45, 7) is 6.37. The Morgan fingerprint density at radius 1 is 1.00 bits per heavy atom. The third kappa shape index (κ3) is 3.57. The molecule has 0 unspecified atom stereocenters. The molecule has 0 saturated heterocycles. The number of fused-ring (bicyclic) bond motifs is 1. The van der Waals surface area contributed by atoms with Gasteiger partial charge in [-0.3, -0.25) is 4.79 Å². The van der Waals surface area contributed by atoms with E-state index >= 15 is 0 Å². The van der Waals surface area contributed by atoms with Gasteiger partial charge < -0.3 is 9.47 Å². The van der Waals surface area contributed by atoms with Crippen molar-refractivity contribution in [2.45, 2.75) is 27.3 Å². The van der Waals surface area contributed by atoms with Gasteiger partial charge in [-0.25, -0.2) is 9.67 Å². The first-order valence-electron chi connectivity index (χ1n) is 9.58. The molecule has 0 N–H and O–H groups in total. The molecule has 4 rings (SSSR count). The summed E-state index contributed by atoms with van der Waals surface area (Å²) in [6, 6.07) is 11.9. The van der Waals surface area contributed by atoms with Crippen LogP contribution in [0.25, 0.3) is 21.5 Å². The van der Waals surface area contributed by atoms with E-state index in [1.807, 2.05) is 39.0 Å². The second-order valence-corrected chi connectivity index (χ2v) is 8.42. The van der Waals surface area contributed by atoms with Crippen LogP contribution >= 0.6 is 11.3 Å². The summed E-state index contributed by atoms with van der Waals surface area (Å²) >= 11 is 1.47. The van der Waals surface area contributed by atoms with Crippen LogP contribution in [-0.2, 0) is 6.54 Å². The first-order valence-corrected chi connectivity index (χ1v) is 10.4. The van der Waals surface area contributed by atoms with Gasteiger partial charge in [-0.2, -0.15) is 5.10 Å². The monoisotopic (exact) mass is 421 g/mol. The maximum Gasteiger partial charge on any atom is 0.294 e. The van der Waals surface area contributed by atoms with E-state index in [4.69, 9.17) is 14.6 Å². The summed E-state index contributed by atoms with van der Waals surface area (Å²) in [4.78, 5) is 17.7. The summed E-state index contributed by atoms with van der Waals surface area (Å²) in [7, 11) is 3.20. The maximum absolute atomic E-state index is 13.1. The number of ether oxygens (including phenoxy) is 2. The fourth-order valence-electron chi connectivity index (χ4n) is 3.48. The molecular formula is C23H23N3O3S. The van der Waals surface area contributed by atoms with Crippen molar-refractivity contribution in [3.63, 3.8) is 0 Å². The van der Waals surface area contributed by atoms with E-state index in [0.29, 0.717) is 29.3 Å². The van der Waals surface area contributed by atoms with Crippen LogP contribution in [0.1, 0.15) is 21.7 Å². The molecule has 0 saturated carbocycles. The molecular weight excluding hydrogens is 398 g/mol. The predicted molar refractivity (Wildman–Crippen MR) is 120 cm³/mol. The average molecular weight is 422 g/mol. The lowest BCUT2D eigenvalue weighted by molar-refractivity contribution is 0.355. The normalized spacial score (nSPS) is 11.1. The zero-order valence-electron chi connectivity index (χ0n) is 17.6. The minimum Gasteiger partial charge on any atom is -0.493 e. The third-order valence-corrected chi connectivity index (χ3v) is 6.07. The Hall–Kier alpha value is -3.19. The van der Waals surface area contributed by atoms with Crippen LogP contribution in [0.2, 0.25) is 0 Å². The van der Waals surface area contributed by atoms with E-state index in [0.717, 1.165) is 32.0 Å². The Balaban J connectivity index is 1.93. The van der Waals surface area contributed by atoms with Gasteiger partial charge in [0.25, 0.3) is 5.56 Å². The van der Waals surface area contributed by atoms with Crippen LogP contribution in [-0.4, -0.2) is 29.0 Å². The quantitative estimate of drug-likeness (QED) is 0.474. The molecule has 4 aromatic rings. The fourth-order valence-corrected chi connectivity index (χ4v) is 4.40. The van der Waals surface area contributed by atoms with Gasteiger partial charge in [0.15, 0.2) is 17.0 Å². The highest BCUT2D eigenvalue weighted by Crippen LogP contribution is 2.35. The minimum absolute atomic E-state index is 0.181. The molecule has 6 nitrogen and oxygen atoms in total. The highest BCUT2D eigenvalue weighted by atomic mass is 32.1. The molecule has 0 aliphatic carbocycles. The van der Waals surface area contributed by atoms with Gasteiger partial charge in [-0.15, -0.1) is 11.3 Å². The van der Waals surface area contributed by atoms with E-state index < -0.39 is 0 Å². The lowest BCUT2D eigenvalue weighted by atomic mass is 10.1. The van der Waals surface area contributed by atoms with Gasteiger partial charge in [-0.1, -0.05) is 23.8 Å². The second-order valence-electron chi connectivity index (χ2n) is 7.22. The zero-order chi connectivity index (χ0) is 21.4. The lowest BCUT2D eigenvalue weighted by Gasteiger charge is -2.13. The number of nitrogens with zero attached hydrogens (tertiary/aromatic N) is 3. The number of methoxy groups -OCH3 is 2. The second kappa shape index (κ2) is 7.91. The van der Waals surface area contributed by atoms with E-state index in [1.54, 1.807) is 14.2 Å². The van der Waals surface area contributed by atoms with Crippen molar-refractivity contribution < 1.29 is 9.47 Å². The molecule has 0 aliphatic heterocycles. The van der Waals surface area contributed by atoms with E-state index in [-0.39, 0.29) is 5.56 Å². The van der Waals surface area contributed by atoms with Crippen molar-refractivity contribution in [3.05, 3.63) is 68.4 Å². The number of hydrogen-bond acceptors (Lipinski definition) is 6. The number of benzene rings is 2. The average Bonchev–Trinajstić information content (AvgIpc) is 3.14. The van der Waals surface area contributed by atoms with Crippen molar-refractivity contribution in [1.82, 2.24) is 14.8 Å². The first-order chi connectivity index (χ1) is 14.4. The first kappa shape index (κ1) is 20.1. The van der Waals surface area contributed by atoms with Crippen LogP contribution in [0.3, 0.4) is 0 Å². The molecule has 7 heteroatoms. The third-order valence-electron chi connectivity index (χ3n) is 5.09. The summed E-state index contributed by atoms with van der Waals surface area (Å²) in [5.74, 6) is 1.25. The smallest absolute Gasteiger partial charge is 0.294 e. The molecule has 0 fully saturated rings. The van der Waals surface area contributed by atoms with Crippen LogP contribution < -0.4 is 15.0 Å². The Morgan fingerprint density at radius 2 is 1.77 bits per heavy atom. The molecule has 154 valence electrons. The lowest BCUT2D eigenvalue weighted by Crippen LogP contribution is -2.24. The number of aryl methyl sites for hydroxylation is 3. The standard InChI is InChI=1S/C23H23N3O3S/c1-13-6-7-14(2)17(10-13)12-26-23(27)21-22(30-15(3)24-21)20(25-26)16-8-9-18(28-4)19(11-16)29-5/h6-11H,12H2,1-5H3. The Bertz CT molecular complexity index is 1310. The van der Waals surface area contributed by atoms with Crippen LogP contribution in [0.5, 0.6) is 11.5 Å². The highest BCUT2D eigenvalue weighted by molar-refractivity contribution is 7.19. The van der Waals surface area contributed by atoms with Crippen molar-refractivity contribution in [3.8, 4) is 22.8 Å². The summed E-state index contributed by atoms with van der Waals surface area (Å²) in [6.07, 6.45) is 0. The molecule has 0 bridgehead atoms. The Labute approximate surface area is 178 Å². The largest absolute Gasteiger partial charge is 0.493 e. The zero-order valence-corrected chi connectivity index (χ0v) is 18.5. The van der Waals surface area contributed by atoms with Crippen LogP contribution in [0, 0.1) is 20.8 Å². The number of thiazole rings is 1. The van der Waals surface area contributed by atoms with Gasteiger partial charge in [0, 0.05) is 5.56 Å². The van der Waals surface area contributed by atoms with E-state index in [1.165, 1.54) is 16.0 Å². The van der Waals surface area contributed by atoms with Gasteiger partial charge in [0.05, 0.1) is 30.5 Å². The van der Waals surface area contributed by atoms with Crippen molar-refractivity contribution in [1.29, 1.82) is 0 Å². The number of hydrogen-bond donors (Lipinski definition) is 0. The molecule has 2 aromatic heterocycles. The minimum atomic E-state index is -0.181. The fraction of sp³-hybridized carbons (Fsp3) is 0.261. The molecule has 0 amide bonds. The topological polar surface area (TPSA) is 66.2 Å². The Morgan fingerprint density at radius 3 is 2.50 bits per heavy atom. The molecule has 2 heterocycles. The van der Waals surface area contributed by atoms with Gasteiger partial charge >= 0.3 is 0 Å². The van der Waals surface area contributed by atoms with Gasteiger partial charge in [0.2, 0.25) is 0 Å². The SMILES string of the molecule is COc1ccc(-c2nn(Cc3cc(C)ccc3C)c(=O)c3nc(C)sc23)cc1OC. The number of rotatable bonds is 5. The van der Waals surface area contributed by atoms with Gasteiger partial charge in [0.1, 0.15) is 5.69 Å². The van der Waals surface area contributed by atoms with E-state index in [2.05, 4.69) is 23.2 Å². The molecule has 0 aliphatic rings.